The SMILES string of the molecule is CC(CN)OC1C[C@@H](C)N(Cc2ccccc2)[C@@H](C)C1. The number of hydrogen-bond acceptors (Lipinski definition) is 3. The van der Waals surface area contributed by atoms with Gasteiger partial charge in [0.15, 0.2) is 0 Å². The Morgan fingerprint density at radius 2 is 1.80 bits per heavy atom. The van der Waals surface area contributed by atoms with Gasteiger partial charge in [-0.3, -0.25) is 4.90 Å². The molecular formula is C17H28N2O. The zero-order valence-electron chi connectivity index (χ0n) is 13.0. The Morgan fingerprint density at radius 1 is 1.20 bits per heavy atom. The molecule has 112 valence electrons. The third-order valence-corrected chi connectivity index (χ3v) is 4.30. The predicted octanol–water partition coefficient (Wildman–Crippen LogP) is 2.79. The molecule has 1 fully saturated rings. The molecule has 2 N–H and O–H groups in total. The monoisotopic (exact) mass is 276 g/mol. The molecule has 20 heavy (non-hydrogen) atoms. The maximum Gasteiger partial charge on any atom is 0.0672 e. The van der Waals surface area contributed by atoms with Crippen LogP contribution in [0.3, 0.4) is 0 Å². The van der Waals surface area contributed by atoms with Crippen LogP contribution in [0.25, 0.3) is 0 Å². The zero-order valence-corrected chi connectivity index (χ0v) is 13.0. The van der Waals surface area contributed by atoms with Crippen molar-refractivity contribution in [1.82, 2.24) is 4.90 Å². The molecule has 0 amide bonds. The molecule has 0 saturated carbocycles. The second-order valence-electron chi connectivity index (χ2n) is 6.13. The first-order valence-electron chi connectivity index (χ1n) is 7.75. The van der Waals surface area contributed by atoms with Crippen molar-refractivity contribution in [3.63, 3.8) is 0 Å². The summed E-state index contributed by atoms with van der Waals surface area (Å²) in [6, 6.07) is 11.8. The minimum Gasteiger partial charge on any atom is -0.374 e. The van der Waals surface area contributed by atoms with Gasteiger partial charge in [-0.15, -0.1) is 0 Å². The third kappa shape index (κ3) is 4.05. The van der Waals surface area contributed by atoms with Crippen LogP contribution in [0, 0.1) is 0 Å². The molecule has 0 spiro atoms. The fourth-order valence-electron chi connectivity index (χ4n) is 3.16. The van der Waals surface area contributed by atoms with E-state index in [4.69, 9.17) is 10.5 Å². The molecule has 1 aliphatic rings. The second-order valence-corrected chi connectivity index (χ2v) is 6.13. The third-order valence-electron chi connectivity index (χ3n) is 4.30. The quantitative estimate of drug-likeness (QED) is 0.898. The van der Waals surface area contributed by atoms with Crippen molar-refractivity contribution >= 4 is 0 Å². The highest BCUT2D eigenvalue weighted by Crippen LogP contribution is 2.27. The van der Waals surface area contributed by atoms with Gasteiger partial charge in [-0.2, -0.15) is 0 Å². The molecule has 3 nitrogen and oxygen atoms in total. The second kappa shape index (κ2) is 7.21. The Bertz CT molecular complexity index is 383. The summed E-state index contributed by atoms with van der Waals surface area (Å²) in [5.41, 5.74) is 7.04. The van der Waals surface area contributed by atoms with Gasteiger partial charge in [0.25, 0.3) is 0 Å². The van der Waals surface area contributed by atoms with Crippen molar-refractivity contribution in [3.05, 3.63) is 35.9 Å². The highest BCUT2D eigenvalue weighted by Gasteiger charge is 2.31. The van der Waals surface area contributed by atoms with Crippen LogP contribution < -0.4 is 5.73 Å². The largest absolute Gasteiger partial charge is 0.374 e. The van der Waals surface area contributed by atoms with Crippen molar-refractivity contribution < 1.29 is 4.74 Å². The Kier molecular flexibility index (Phi) is 5.58. The molecule has 0 bridgehead atoms. The fourth-order valence-corrected chi connectivity index (χ4v) is 3.16. The molecule has 1 saturated heterocycles. The van der Waals surface area contributed by atoms with Gasteiger partial charge in [-0.05, 0) is 39.2 Å². The number of likely N-dealkylation sites (tertiary alicyclic amines) is 1. The normalized spacial score (nSPS) is 29.3. The molecular weight excluding hydrogens is 248 g/mol. The smallest absolute Gasteiger partial charge is 0.0672 e. The fraction of sp³-hybridized carbons (Fsp3) is 0.647. The van der Waals surface area contributed by atoms with Crippen LogP contribution in [0.4, 0.5) is 0 Å². The van der Waals surface area contributed by atoms with Crippen LogP contribution in [-0.4, -0.2) is 35.7 Å². The van der Waals surface area contributed by atoms with E-state index in [-0.39, 0.29) is 6.10 Å². The Labute approximate surface area is 123 Å². The molecule has 1 aromatic carbocycles. The Balaban J connectivity index is 1.93. The van der Waals surface area contributed by atoms with E-state index in [0.29, 0.717) is 24.7 Å². The first-order valence-corrected chi connectivity index (χ1v) is 7.75. The van der Waals surface area contributed by atoms with Crippen LogP contribution in [0.2, 0.25) is 0 Å². The van der Waals surface area contributed by atoms with Gasteiger partial charge in [-0.1, -0.05) is 30.3 Å². The molecule has 0 radical (unpaired) electrons. The first kappa shape index (κ1) is 15.5. The molecule has 1 aliphatic heterocycles. The van der Waals surface area contributed by atoms with Gasteiger partial charge in [0.2, 0.25) is 0 Å². The molecule has 1 heterocycles. The van der Waals surface area contributed by atoms with Crippen LogP contribution in [0.5, 0.6) is 0 Å². The van der Waals surface area contributed by atoms with Crippen LogP contribution in [0.15, 0.2) is 30.3 Å². The predicted molar refractivity (Wildman–Crippen MR) is 83.5 cm³/mol. The number of ether oxygens (including phenoxy) is 1. The highest BCUT2D eigenvalue weighted by atomic mass is 16.5. The van der Waals surface area contributed by atoms with E-state index in [9.17, 15) is 0 Å². The average molecular weight is 276 g/mol. The zero-order chi connectivity index (χ0) is 14.5. The topological polar surface area (TPSA) is 38.5 Å². The summed E-state index contributed by atoms with van der Waals surface area (Å²) in [7, 11) is 0. The molecule has 2 rings (SSSR count). The molecule has 0 aliphatic carbocycles. The summed E-state index contributed by atoms with van der Waals surface area (Å²) < 4.78 is 6.03. The summed E-state index contributed by atoms with van der Waals surface area (Å²) in [6.07, 6.45) is 2.72. The van der Waals surface area contributed by atoms with Gasteiger partial charge in [0.1, 0.15) is 0 Å². The highest BCUT2D eigenvalue weighted by molar-refractivity contribution is 5.15. The molecule has 3 heteroatoms. The van der Waals surface area contributed by atoms with E-state index in [1.54, 1.807) is 0 Å². The summed E-state index contributed by atoms with van der Waals surface area (Å²) in [6.45, 7) is 8.31. The van der Waals surface area contributed by atoms with Crippen molar-refractivity contribution in [2.75, 3.05) is 6.54 Å². The van der Waals surface area contributed by atoms with E-state index < -0.39 is 0 Å². The van der Waals surface area contributed by atoms with E-state index in [1.165, 1.54) is 5.56 Å². The van der Waals surface area contributed by atoms with Crippen molar-refractivity contribution in [1.29, 1.82) is 0 Å². The molecule has 2 unspecified atom stereocenters. The number of nitrogens with zero attached hydrogens (tertiary/aromatic N) is 1. The molecule has 0 aromatic heterocycles. The summed E-state index contributed by atoms with van der Waals surface area (Å²) in [4.78, 5) is 2.59. The maximum atomic E-state index is 6.03. The van der Waals surface area contributed by atoms with Gasteiger partial charge in [0, 0.05) is 25.2 Å². The molecule has 4 atom stereocenters. The lowest BCUT2D eigenvalue weighted by molar-refractivity contribution is -0.0636. The Morgan fingerprint density at radius 3 is 2.35 bits per heavy atom. The van der Waals surface area contributed by atoms with E-state index in [0.717, 1.165) is 19.4 Å². The van der Waals surface area contributed by atoms with Crippen LogP contribution in [-0.2, 0) is 11.3 Å². The summed E-state index contributed by atoms with van der Waals surface area (Å²) in [5, 5.41) is 0. The standard InChI is InChI=1S/C17H28N2O/c1-13-9-17(20-15(3)11-18)10-14(2)19(13)12-16-7-5-4-6-8-16/h4-8,13-15,17H,9-12,18H2,1-3H3/t13-,14+,15?,17?. The average Bonchev–Trinajstić information content (AvgIpc) is 2.44. The molecule has 1 aromatic rings. The minimum absolute atomic E-state index is 0.167. The number of hydrogen-bond donors (Lipinski definition) is 1. The van der Waals surface area contributed by atoms with Crippen LogP contribution in [0.1, 0.15) is 39.2 Å². The Hall–Kier alpha value is -0.900. The lowest BCUT2D eigenvalue weighted by Gasteiger charge is -2.43. The van der Waals surface area contributed by atoms with Gasteiger partial charge in [0.05, 0.1) is 12.2 Å². The maximum absolute atomic E-state index is 6.03. The van der Waals surface area contributed by atoms with E-state index >= 15 is 0 Å². The van der Waals surface area contributed by atoms with E-state index in [1.807, 2.05) is 0 Å². The van der Waals surface area contributed by atoms with Gasteiger partial charge >= 0.3 is 0 Å². The summed E-state index contributed by atoms with van der Waals surface area (Å²) in [5.74, 6) is 0. The van der Waals surface area contributed by atoms with Crippen molar-refractivity contribution in [3.8, 4) is 0 Å². The number of rotatable bonds is 5. The number of nitrogens with two attached hydrogens (primary N) is 1. The van der Waals surface area contributed by atoms with E-state index in [2.05, 4.69) is 56.0 Å². The lowest BCUT2D eigenvalue weighted by atomic mass is 9.94. The first-order chi connectivity index (χ1) is 9.60. The van der Waals surface area contributed by atoms with Crippen molar-refractivity contribution in [2.24, 2.45) is 5.73 Å². The van der Waals surface area contributed by atoms with Gasteiger partial charge < -0.3 is 10.5 Å². The van der Waals surface area contributed by atoms with Crippen molar-refractivity contribution in [2.45, 2.75) is 64.4 Å². The lowest BCUT2D eigenvalue weighted by Crippen LogP contribution is -2.49. The number of benzene rings is 1. The van der Waals surface area contributed by atoms with Crippen LogP contribution >= 0.6 is 0 Å². The minimum atomic E-state index is 0.167. The summed E-state index contributed by atoms with van der Waals surface area (Å²) >= 11 is 0. The number of piperidine rings is 1. The van der Waals surface area contributed by atoms with Gasteiger partial charge in [-0.25, -0.2) is 0 Å².